The highest BCUT2D eigenvalue weighted by Crippen LogP contribution is 2.32. The van der Waals surface area contributed by atoms with Crippen LogP contribution in [0, 0.1) is 24.2 Å². The van der Waals surface area contributed by atoms with Crippen LogP contribution in [0.2, 0.25) is 5.15 Å². The second-order valence-electron chi connectivity index (χ2n) is 7.50. The molecule has 3 N–H and O–H groups in total. The molecule has 1 amide bonds. The molecule has 0 radical (unpaired) electrons. The van der Waals surface area contributed by atoms with Crippen molar-refractivity contribution in [1.29, 1.82) is 0 Å². The molecule has 0 spiro atoms. The number of aliphatic imine (C=N–C) groups is 1. The maximum Gasteiger partial charge on any atom is 0.433 e. The molecule has 1 aliphatic rings. The van der Waals surface area contributed by atoms with Crippen LogP contribution in [0.1, 0.15) is 31.5 Å². The molecule has 1 aliphatic carbocycles. The predicted molar refractivity (Wildman–Crippen MR) is 117 cm³/mol. The third-order valence-corrected chi connectivity index (χ3v) is 5.66. The van der Waals surface area contributed by atoms with Crippen molar-refractivity contribution in [3.05, 3.63) is 35.6 Å². The lowest BCUT2D eigenvalue weighted by molar-refractivity contribution is 0.205. The molecule has 0 aromatic carbocycles. The van der Waals surface area contributed by atoms with Crippen molar-refractivity contribution in [2.24, 2.45) is 22.6 Å². The number of hydrogen-bond acceptors (Lipinski definition) is 5. The first-order valence-electron chi connectivity index (χ1n) is 9.83. The molecular formula is C21H20ClN7O2. The first-order valence-corrected chi connectivity index (χ1v) is 10.2. The van der Waals surface area contributed by atoms with Gasteiger partial charge in [-0.1, -0.05) is 11.6 Å². The van der Waals surface area contributed by atoms with E-state index in [4.69, 9.17) is 28.9 Å². The van der Waals surface area contributed by atoms with Crippen LogP contribution in [-0.2, 0) is 6.54 Å². The predicted octanol–water partition coefficient (Wildman–Crippen LogP) is 3.36. The summed E-state index contributed by atoms with van der Waals surface area (Å²) < 4.78 is 2.02. The maximum atomic E-state index is 10.9. The summed E-state index contributed by atoms with van der Waals surface area (Å²) >= 11 is 6.09. The molecule has 10 heteroatoms. The van der Waals surface area contributed by atoms with E-state index < -0.39 is 6.09 Å². The second kappa shape index (κ2) is 8.70. The van der Waals surface area contributed by atoms with Gasteiger partial charge in [0.15, 0.2) is 17.3 Å². The third-order valence-electron chi connectivity index (χ3n) is 5.45. The molecule has 0 aliphatic heterocycles. The Labute approximate surface area is 183 Å². The highest BCUT2D eigenvalue weighted by molar-refractivity contribution is 6.29. The zero-order chi connectivity index (χ0) is 22.0. The fourth-order valence-corrected chi connectivity index (χ4v) is 4.10. The van der Waals surface area contributed by atoms with Crippen LogP contribution in [0.15, 0.2) is 29.6 Å². The van der Waals surface area contributed by atoms with Crippen molar-refractivity contribution >= 4 is 34.7 Å². The molecule has 4 rings (SSSR count). The summed E-state index contributed by atoms with van der Waals surface area (Å²) in [5, 5.41) is 9.23. The van der Waals surface area contributed by atoms with E-state index in [9.17, 15) is 4.79 Å². The molecule has 0 atom stereocenters. The Bertz CT molecular complexity index is 1210. The highest BCUT2D eigenvalue weighted by Gasteiger charge is 2.23. The number of carboxylic acid groups (broad SMARTS) is 1. The Morgan fingerprint density at radius 1 is 1.32 bits per heavy atom. The van der Waals surface area contributed by atoms with Gasteiger partial charge in [0, 0.05) is 24.2 Å². The Kier molecular flexibility index (Phi) is 5.82. The van der Waals surface area contributed by atoms with E-state index in [0.717, 1.165) is 32.2 Å². The number of nitrogens with two attached hydrogens (primary N) is 1. The summed E-state index contributed by atoms with van der Waals surface area (Å²) in [7, 11) is 0. The van der Waals surface area contributed by atoms with Crippen LogP contribution >= 0.6 is 11.6 Å². The van der Waals surface area contributed by atoms with Gasteiger partial charge in [-0.25, -0.2) is 24.7 Å². The van der Waals surface area contributed by atoms with Crippen LogP contribution < -0.4 is 5.73 Å². The summed E-state index contributed by atoms with van der Waals surface area (Å²) in [5.41, 5.74) is 8.13. The zero-order valence-electron chi connectivity index (χ0n) is 16.6. The zero-order valence-corrected chi connectivity index (χ0v) is 17.3. The van der Waals surface area contributed by atoms with Gasteiger partial charge in [0.2, 0.25) is 0 Å². The van der Waals surface area contributed by atoms with E-state index in [0.29, 0.717) is 39.4 Å². The van der Waals surface area contributed by atoms with Crippen molar-refractivity contribution < 1.29 is 9.90 Å². The molecule has 1 fully saturated rings. The molecule has 0 unspecified atom stereocenters. The van der Waals surface area contributed by atoms with Crippen LogP contribution in [0.3, 0.4) is 0 Å². The van der Waals surface area contributed by atoms with Gasteiger partial charge in [0.05, 0.1) is 6.33 Å². The van der Waals surface area contributed by atoms with Gasteiger partial charge in [-0.2, -0.15) is 4.99 Å². The summed E-state index contributed by atoms with van der Waals surface area (Å²) in [6.45, 7) is 0.751. The van der Waals surface area contributed by atoms with Crippen LogP contribution in [-0.4, -0.2) is 41.5 Å². The molecule has 9 nitrogen and oxygen atoms in total. The van der Waals surface area contributed by atoms with Crippen molar-refractivity contribution in [1.82, 2.24) is 24.5 Å². The minimum atomic E-state index is -1.43. The first-order chi connectivity index (χ1) is 14.9. The smallest absolute Gasteiger partial charge is 0.433 e. The summed E-state index contributed by atoms with van der Waals surface area (Å²) in [6, 6.07) is 3.44. The van der Waals surface area contributed by atoms with Gasteiger partial charge >= 0.3 is 6.09 Å². The number of amidine groups is 1. The van der Waals surface area contributed by atoms with E-state index in [1.54, 1.807) is 24.7 Å². The average Bonchev–Trinajstić information content (AvgIpc) is 3.16. The minimum absolute atomic E-state index is 0.0161. The topological polar surface area (TPSA) is 132 Å². The molecule has 3 heterocycles. The lowest BCUT2D eigenvalue weighted by Crippen LogP contribution is -2.20. The normalized spacial score (nSPS) is 19.3. The standard InChI is InChI=1S/C21H20ClN7O2/c1-2-12-3-5-13(6-4-12)10-29-11-25-19-17(29)16(14-7-8-24-15(22)9-14)26-20(28-19)18(23)27-21(30)31/h1,7-9,11-13H,3-6,10H2,(H2,23,27)(H,30,31). The molecule has 31 heavy (non-hydrogen) atoms. The maximum absolute atomic E-state index is 10.9. The number of rotatable bonds is 4. The fourth-order valence-electron chi connectivity index (χ4n) is 3.93. The highest BCUT2D eigenvalue weighted by atomic mass is 35.5. The Morgan fingerprint density at radius 2 is 2.10 bits per heavy atom. The largest absolute Gasteiger partial charge is 0.463 e. The lowest BCUT2D eigenvalue weighted by Gasteiger charge is -2.26. The molecule has 1 saturated carbocycles. The van der Waals surface area contributed by atoms with Gasteiger partial charge in [-0.3, -0.25) is 0 Å². The summed E-state index contributed by atoms with van der Waals surface area (Å²) in [4.78, 5) is 31.5. The number of carbonyl (C=O) groups is 1. The fraction of sp³-hybridized carbons (Fsp3) is 0.333. The molecule has 3 aromatic heterocycles. The number of pyridine rings is 1. The molecular weight excluding hydrogens is 418 g/mol. The van der Waals surface area contributed by atoms with Crippen molar-refractivity contribution in [3.8, 4) is 23.6 Å². The quantitative estimate of drug-likeness (QED) is 0.276. The minimum Gasteiger partial charge on any atom is -0.463 e. The SMILES string of the molecule is C#CC1CCC(Cn2cnc3nc(C(N)=NC(=O)O)nc(-c4ccnc(Cl)c4)c32)CC1. The number of halogens is 1. The molecule has 0 bridgehead atoms. The van der Waals surface area contributed by atoms with Gasteiger partial charge in [0.25, 0.3) is 0 Å². The second-order valence-corrected chi connectivity index (χ2v) is 7.88. The van der Waals surface area contributed by atoms with Crippen molar-refractivity contribution in [3.63, 3.8) is 0 Å². The van der Waals surface area contributed by atoms with Crippen LogP contribution in [0.4, 0.5) is 4.79 Å². The monoisotopic (exact) mass is 437 g/mol. The van der Waals surface area contributed by atoms with E-state index >= 15 is 0 Å². The number of hydrogen-bond donors (Lipinski definition) is 2. The van der Waals surface area contributed by atoms with Crippen molar-refractivity contribution in [2.45, 2.75) is 32.2 Å². The number of amides is 1. The van der Waals surface area contributed by atoms with E-state index in [1.165, 1.54) is 0 Å². The number of imidazole rings is 1. The van der Waals surface area contributed by atoms with Crippen molar-refractivity contribution in [2.75, 3.05) is 0 Å². The summed E-state index contributed by atoms with van der Waals surface area (Å²) in [6.07, 6.45) is 11.6. The number of nitrogens with zero attached hydrogens (tertiary/aromatic N) is 6. The molecule has 0 saturated heterocycles. The lowest BCUT2D eigenvalue weighted by atomic mass is 9.82. The number of terminal acetylenes is 1. The van der Waals surface area contributed by atoms with Gasteiger partial charge in [-0.05, 0) is 43.7 Å². The average molecular weight is 438 g/mol. The van der Waals surface area contributed by atoms with Gasteiger partial charge < -0.3 is 15.4 Å². The van der Waals surface area contributed by atoms with E-state index in [1.807, 2.05) is 4.57 Å². The number of fused-ring (bicyclic) bond motifs is 1. The molecule has 158 valence electrons. The van der Waals surface area contributed by atoms with Crippen LogP contribution in [0.25, 0.3) is 22.4 Å². The summed E-state index contributed by atoms with van der Waals surface area (Å²) in [5.74, 6) is 3.35. The Balaban J connectivity index is 1.79. The Morgan fingerprint density at radius 3 is 2.77 bits per heavy atom. The number of aromatic nitrogens is 5. The van der Waals surface area contributed by atoms with Crippen LogP contribution in [0.5, 0.6) is 0 Å². The van der Waals surface area contributed by atoms with E-state index in [-0.39, 0.29) is 11.7 Å². The third kappa shape index (κ3) is 4.49. The van der Waals surface area contributed by atoms with Gasteiger partial charge in [-0.15, -0.1) is 12.3 Å². The van der Waals surface area contributed by atoms with E-state index in [2.05, 4.69) is 30.8 Å². The molecule has 3 aromatic rings. The Hall–Kier alpha value is -3.51. The first kappa shape index (κ1) is 20.8. The van der Waals surface area contributed by atoms with Gasteiger partial charge in [0.1, 0.15) is 16.4 Å².